The Kier molecular flexibility index (Phi) is 8.94. The number of hydrogen-bond acceptors (Lipinski definition) is 7. The van der Waals surface area contributed by atoms with Gasteiger partial charge in [0.1, 0.15) is 12.3 Å². The summed E-state index contributed by atoms with van der Waals surface area (Å²) in [4.78, 5) is 51.8. The first-order chi connectivity index (χ1) is 17.6. The predicted octanol–water partition coefficient (Wildman–Crippen LogP) is 3.78. The summed E-state index contributed by atoms with van der Waals surface area (Å²) in [6.45, 7) is 7.88. The smallest absolute Gasteiger partial charge is 0.305 e. The van der Waals surface area contributed by atoms with Gasteiger partial charge in [0.15, 0.2) is 5.65 Å². The minimum absolute atomic E-state index is 0.00553. The zero-order valence-electron chi connectivity index (χ0n) is 21.4. The standard InChI is InChI=1S/C26H31N5O6/c1-16-7-5-8-17(2)21(16)15-31(29-36)22-13-20(14-30-19(4)18(3)28-25(22)30)26(35)27-11-12-37-24(34)10-6-9-23(32)33/h5,7-8,13-14H,6,9-12,15H2,1-4H3,(H,27,35)(H,32,33). The molecule has 0 aliphatic rings. The Bertz CT molecular complexity index is 1310. The summed E-state index contributed by atoms with van der Waals surface area (Å²) in [5, 5.41) is 15.9. The van der Waals surface area contributed by atoms with Gasteiger partial charge >= 0.3 is 11.9 Å². The van der Waals surface area contributed by atoms with Gasteiger partial charge in [0.25, 0.3) is 5.91 Å². The molecule has 0 aliphatic heterocycles. The molecule has 3 aromatic rings. The van der Waals surface area contributed by atoms with Gasteiger partial charge in [-0.05, 0) is 56.9 Å². The van der Waals surface area contributed by atoms with Gasteiger partial charge in [0.2, 0.25) is 0 Å². The van der Waals surface area contributed by atoms with E-state index in [9.17, 15) is 19.3 Å². The van der Waals surface area contributed by atoms with Crippen molar-refractivity contribution in [3.05, 3.63) is 69.0 Å². The maximum atomic E-state index is 12.9. The van der Waals surface area contributed by atoms with E-state index >= 15 is 0 Å². The molecular formula is C26H31N5O6. The maximum absolute atomic E-state index is 12.9. The van der Waals surface area contributed by atoms with E-state index in [4.69, 9.17) is 9.84 Å². The Labute approximate surface area is 214 Å². The van der Waals surface area contributed by atoms with Crippen LogP contribution in [0.2, 0.25) is 0 Å². The third kappa shape index (κ3) is 6.69. The zero-order valence-corrected chi connectivity index (χ0v) is 21.4. The maximum Gasteiger partial charge on any atom is 0.305 e. The van der Waals surface area contributed by atoms with Crippen LogP contribution in [0.5, 0.6) is 0 Å². The average molecular weight is 510 g/mol. The van der Waals surface area contributed by atoms with E-state index in [1.807, 2.05) is 45.9 Å². The van der Waals surface area contributed by atoms with E-state index < -0.39 is 17.8 Å². The molecule has 37 heavy (non-hydrogen) atoms. The highest BCUT2D eigenvalue weighted by Crippen LogP contribution is 2.28. The third-order valence-corrected chi connectivity index (χ3v) is 6.19. The second-order valence-electron chi connectivity index (χ2n) is 8.82. The molecule has 0 saturated carbocycles. The van der Waals surface area contributed by atoms with Crippen LogP contribution in [-0.2, 0) is 20.9 Å². The van der Waals surface area contributed by atoms with Crippen molar-refractivity contribution in [3.63, 3.8) is 0 Å². The van der Waals surface area contributed by atoms with E-state index in [1.165, 1.54) is 5.01 Å². The highest BCUT2D eigenvalue weighted by atomic mass is 16.5. The lowest BCUT2D eigenvalue weighted by Crippen LogP contribution is -2.28. The number of ether oxygens (including phenoxy) is 1. The van der Waals surface area contributed by atoms with Crippen molar-refractivity contribution >= 4 is 29.2 Å². The fraction of sp³-hybridized carbons (Fsp3) is 0.385. The fourth-order valence-electron chi connectivity index (χ4n) is 3.96. The van der Waals surface area contributed by atoms with E-state index in [0.29, 0.717) is 11.3 Å². The van der Waals surface area contributed by atoms with Crippen LogP contribution in [0.3, 0.4) is 0 Å². The molecule has 0 radical (unpaired) electrons. The number of benzene rings is 1. The van der Waals surface area contributed by atoms with Crippen LogP contribution in [-0.4, -0.2) is 45.5 Å². The van der Waals surface area contributed by atoms with Gasteiger partial charge in [-0.25, -0.2) is 9.99 Å². The summed E-state index contributed by atoms with van der Waals surface area (Å²) in [7, 11) is 0. The number of carbonyl (C=O) groups is 3. The first-order valence-electron chi connectivity index (χ1n) is 11.9. The Balaban J connectivity index is 1.78. The van der Waals surface area contributed by atoms with Gasteiger partial charge in [0, 0.05) is 24.7 Å². The number of nitrogens with one attached hydrogen (secondary N) is 1. The number of nitrogens with zero attached hydrogens (tertiary/aromatic N) is 4. The zero-order chi connectivity index (χ0) is 27.1. The number of pyridine rings is 1. The summed E-state index contributed by atoms with van der Waals surface area (Å²) < 4.78 is 6.80. The van der Waals surface area contributed by atoms with Crippen LogP contribution in [0.25, 0.3) is 5.65 Å². The average Bonchev–Trinajstić information content (AvgIpc) is 3.14. The van der Waals surface area contributed by atoms with Gasteiger partial charge in [-0.15, -0.1) is 4.91 Å². The van der Waals surface area contributed by atoms with Crippen molar-refractivity contribution < 1.29 is 24.2 Å². The second-order valence-corrected chi connectivity index (χ2v) is 8.82. The summed E-state index contributed by atoms with van der Waals surface area (Å²) in [6, 6.07) is 7.45. The summed E-state index contributed by atoms with van der Waals surface area (Å²) in [5.74, 6) is -1.92. The molecule has 2 aromatic heterocycles. The lowest BCUT2D eigenvalue weighted by Gasteiger charge is -2.20. The third-order valence-electron chi connectivity index (χ3n) is 6.19. The molecule has 0 bridgehead atoms. The molecule has 3 rings (SSSR count). The molecule has 11 heteroatoms. The molecule has 0 spiro atoms. The van der Waals surface area contributed by atoms with Crippen LogP contribution in [0, 0.1) is 32.6 Å². The molecular weight excluding hydrogens is 478 g/mol. The number of aliphatic carboxylic acids is 1. The normalized spacial score (nSPS) is 10.8. The fourth-order valence-corrected chi connectivity index (χ4v) is 3.96. The number of aromatic nitrogens is 2. The number of carboxylic acid groups (broad SMARTS) is 1. The number of nitroso groups, excluding NO2 is 1. The highest BCUT2D eigenvalue weighted by molar-refractivity contribution is 5.96. The Hall–Kier alpha value is -4.28. The monoisotopic (exact) mass is 509 g/mol. The number of imidazole rings is 1. The molecule has 1 aromatic carbocycles. The van der Waals surface area contributed by atoms with Gasteiger partial charge in [-0.2, -0.15) is 0 Å². The van der Waals surface area contributed by atoms with Crippen molar-refractivity contribution in [1.82, 2.24) is 14.7 Å². The van der Waals surface area contributed by atoms with Gasteiger partial charge in [-0.3, -0.25) is 14.4 Å². The quantitative estimate of drug-likeness (QED) is 0.163. The number of anilines is 1. The van der Waals surface area contributed by atoms with Gasteiger partial charge in [-0.1, -0.05) is 18.2 Å². The minimum Gasteiger partial charge on any atom is -0.481 e. The lowest BCUT2D eigenvalue weighted by molar-refractivity contribution is -0.143. The SMILES string of the molecule is Cc1cccc(C)c1CN(N=O)c1cc(C(=O)NCCOC(=O)CCCC(=O)O)cn2c(C)c(C)nc12. The number of hydrogen-bond donors (Lipinski definition) is 2. The van der Waals surface area contributed by atoms with Gasteiger partial charge in [0.05, 0.1) is 29.6 Å². The molecule has 1 amide bonds. The highest BCUT2D eigenvalue weighted by Gasteiger charge is 2.21. The Morgan fingerprint density at radius 1 is 1.14 bits per heavy atom. The van der Waals surface area contributed by atoms with E-state index in [0.717, 1.165) is 28.1 Å². The number of amides is 1. The largest absolute Gasteiger partial charge is 0.481 e. The first kappa shape index (κ1) is 27.3. The van der Waals surface area contributed by atoms with Crippen LogP contribution < -0.4 is 10.3 Å². The van der Waals surface area contributed by atoms with Crippen molar-refractivity contribution in [1.29, 1.82) is 0 Å². The van der Waals surface area contributed by atoms with Crippen LogP contribution in [0.15, 0.2) is 35.7 Å². The Morgan fingerprint density at radius 2 is 1.84 bits per heavy atom. The van der Waals surface area contributed by atoms with Crippen LogP contribution >= 0.6 is 0 Å². The van der Waals surface area contributed by atoms with E-state index in [-0.39, 0.29) is 44.5 Å². The molecule has 2 N–H and O–H groups in total. The van der Waals surface area contributed by atoms with E-state index in [1.54, 1.807) is 16.7 Å². The van der Waals surface area contributed by atoms with Crippen molar-refractivity contribution in [2.45, 2.75) is 53.5 Å². The predicted molar refractivity (Wildman–Crippen MR) is 137 cm³/mol. The minimum atomic E-state index is -0.975. The molecule has 0 saturated heterocycles. The molecule has 11 nitrogen and oxygen atoms in total. The summed E-state index contributed by atoms with van der Waals surface area (Å²) in [6.07, 6.45) is 1.72. The van der Waals surface area contributed by atoms with E-state index in [2.05, 4.69) is 15.6 Å². The molecule has 0 unspecified atom stereocenters. The number of carboxylic acids is 1. The lowest BCUT2D eigenvalue weighted by atomic mass is 10.0. The Morgan fingerprint density at radius 3 is 2.49 bits per heavy atom. The molecule has 0 aliphatic carbocycles. The number of esters is 1. The molecule has 196 valence electrons. The number of rotatable bonds is 12. The molecule has 0 fully saturated rings. The molecule has 2 heterocycles. The van der Waals surface area contributed by atoms with Gasteiger partial charge < -0.3 is 19.6 Å². The topological polar surface area (TPSA) is 143 Å². The number of aryl methyl sites for hydroxylation is 4. The second kappa shape index (κ2) is 12.1. The van der Waals surface area contributed by atoms with Crippen molar-refractivity contribution in [2.75, 3.05) is 18.2 Å². The van der Waals surface area contributed by atoms with Crippen LogP contribution in [0.1, 0.15) is 57.7 Å². The first-order valence-corrected chi connectivity index (χ1v) is 11.9. The van der Waals surface area contributed by atoms with Crippen molar-refractivity contribution in [3.8, 4) is 0 Å². The summed E-state index contributed by atoms with van der Waals surface area (Å²) in [5.41, 5.74) is 5.76. The molecule has 0 atom stereocenters. The number of fused-ring (bicyclic) bond motifs is 1. The number of carbonyl (C=O) groups excluding carboxylic acids is 2. The summed E-state index contributed by atoms with van der Waals surface area (Å²) >= 11 is 0. The van der Waals surface area contributed by atoms with Crippen LogP contribution in [0.4, 0.5) is 5.69 Å². The van der Waals surface area contributed by atoms with Crippen molar-refractivity contribution in [2.24, 2.45) is 5.29 Å².